The molecule has 9 nitrogen and oxygen atoms in total. The van der Waals surface area contributed by atoms with E-state index in [2.05, 4.69) is 39.5 Å². The normalized spacial score (nSPS) is 19.0. The third-order valence-electron chi connectivity index (χ3n) is 4.89. The summed E-state index contributed by atoms with van der Waals surface area (Å²) in [5, 5.41) is 3.98. The van der Waals surface area contributed by atoms with Crippen LogP contribution < -0.4 is 4.90 Å². The molecule has 2 fully saturated rings. The lowest BCUT2D eigenvalue weighted by atomic mass is 10.3. The Balaban J connectivity index is 1.31. The number of fused-ring (bicyclic) bond motifs is 1. The van der Waals surface area contributed by atoms with Crippen molar-refractivity contribution in [2.24, 2.45) is 0 Å². The van der Waals surface area contributed by atoms with Gasteiger partial charge in [-0.25, -0.2) is 15.0 Å². The van der Waals surface area contributed by atoms with Crippen molar-refractivity contribution in [1.82, 2.24) is 34.6 Å². The highest BCUT2D eigenvalue weighted by Crippen LogP contribution is 2.37. The maximum Gasteiger partial charge on any atom is 0.223 e. The highest BCUT2D eigenvalue weighted by Gasteiger charge is 2.28. The number of aryl methyl sites for hydroxylation is 1. The predicted octanol–water partition coefficient (Wildman–Crippen LogP) is 1.17. The van der Waals surface area contributed by atoms with E-state index in [0.29, 0.717) is 11.9 Å². The number of aromatic nitrogens is 6. The van der Waals surface area contributed by atoms with Gasteiger partial charge in [-0.2, -0.15) is 4.98 Å². The Labute approximate surface area is 144 Å². The zero-order valence-electron chi connectivity index (χ0n) is 14.2. The second-order valence-corrected chi connectivity index (χ2v) is 6.75. The fourth-order valence-corrected chi connectivity index (χ4v) is 3.41. The summed E-state index contributed by atoms with van der Waals surface area (Å²) in [4.78, 5) is 22.5. The van der Waals surface area contributed by atoms with Gasteiger partial charge in [0.1, 0.15) is 6.33 Å². The van der Waals surface area contributed by atoms with Gasteiger partial charge in [0.15, 0.2) is 22.8 Å². The molecule has 0 atom stereocenters. The van der Waals surface area contributed by atoms with Crippen molar-refractivity contribution in [3.63, 3.8) is 0 Å². The molecular formula is C16H20N8O. The van der Waals surface area contributed by atoms with Gasteiger partial charge in [-0.3, -0.25) is 4.90 Å². The van der Waals surface area contributed by atoms with Crippen LogP contribution in [0.25, 0.3) is 11.2 Å². The van der Waals surface area contributed by atoms with Crippen LogP contribution in [0.5, 0.6) is 0 Å². The predicted molar refractivity (Wildman–Crippen MR) is 90.1 cm³/mol. The van der Waals surface area contributed by atoms with Gasteiger partial charge < -0.3 is 14.0 Å². The smallest absolute Gasteiger partial charge is 0.223 e. The van der Waals surface area contributed by atoms with Crippen LogP contribution >= 0.6 is 0 Å². The Bertz CT molecular complexity index is 891. The molecule has 5 rings (SSSR count). The molecule has 3 aromatic heterocycles. The van der Waals surface area contributed by atoms with Gasteiger partial charge >= 0.3 is 0 Å². The van der Waals surface area contributed by atoms with Gasteiger partial charge in [-0.15, -0.1) is 0 Å². The Kier molecular flexibility index (Phi) is 3.40. The number of rotatable bonds is 4. The second-order valence-electron chi connectivity index (χ2n) is 6.75. The average Bonchev–Trinajstić information content (AvgIpc) is 3.25. The molecule has 0 unspecified atom stereocenters. The summed E-state index contributed by atoms with van der Waals surface area (Å²) < 4.78 is 7.24. The van der Waals surface area contributed by atoms with Gasteiger partial charge in [0.05, 0.1) is 12.9 Å². The lowest BCUT2D eigenvalue weighted by Crippen LogP contribution is -2.46. The highest BCUT2D eigenvalue weighted by atomic mass is 16.5. The Morgan fingerprint density at radius 1 is 1.12 bits per heavy atom. The van der Waals surface area contributed by atoms with E-state index in [1.807, 2.05) is 13.3 Å². The van der Waals surface area contributed by atoms with Crippen LogP contribution in [-0.4, -0.2) is 60.7 Å². The molecule has 0 bridgehead atoms. The minimum Gasteiger partial charge on any atom is -0.352 e. The topological polar surface area (TPSA) is 89.0 Å². The third kappa shape index (κ3) is 2.74. The first-order chi connectivity index (χ1) is 12.3. The quantitative estimate of drug-likeness (QED) is 0.699. The molecule has 0 aromatic carbocycles. The molecule has 1 aliphatic heterocycles. The summed E-state index contributed by atoms with van der Waals surface area (Å²) in [7, 11) is 0. The van der Waals surface area contributed by atoms with Crippen LogP contribution in [0.1, 0.15) is 30.6 Å². The number of piperazine rings is 1. The number of anilines is 1. The Morgan fingerprint density at radius 2 is 1.96 bits per heavy atom. The number of hydrogen-bond acceptors (Lipinski definition) is 8. The second kappa shape index (κ2) is 5.76. The van der Waals surface area contributed by atoms with Crippen LogP contribution in [0.15, 0.2) is 17.2 Å². The number of hydrogen-bond donors (Lipinski definition) is 0. The SMILES string of the molecule is Cc1nc(CN2CCN(c3ncnc4c3ncn4C3CC3)CC2)no1. The molecular weight excluding hydrogens is 320 g/mol. The number of nitrogens with zero attached hydrogens (tertiary/aromatic N) is 8. The summed E-state index contributed by atoms with van der Waals surface area (Å²) in [6, 6.07) is 0.572. The van der Waals surface area contributed by atoms with Crippen molar-refractivity contribution in [3.05, 3.63) is 24.4 Å². The van der Waals surface area contributed by atoms with Crippen LogP contribution in [0.4, 0.5) is 5.82 Å². The molecule has 1 aliphatic carbocycles. The monoisotopic (exact) mass is 340 g/mol. The molecule has 130 valence electrons. The van der Waals surface area contributed by atoms with Crippen LogP contribution in [0, 0.1) is 6.92 Å². The minimum atomic E-state index is 0.572. The van der Waals surface area contributed by atoms with Gasteiger partial charge in [0.2, 0.25) is 5.89 Å². The zero-order chi connectivity index (χ0) is 16.8. The fourth-order valence-electron chi connectivity index (χ4n) is 3.41. The van der Waals surface area contributed by atoms with Gasteiger partial charge in [-0.05, 0) is 12.8 Å². The maximum absolute atomic E-state index is 5.05. The summed E-state index contributed by atoms with van der Waals surface area (Å²) in [5.41, 5.74) is 1.87. The first kappa shape index (κ1) is 14.8. The first-order valence-corrected chi connectivity index (χ1v) is 8.72. The molecule has 1 saturated heterocycles. The maximum atomic E-state index is 5.05. The summed E-state index contributed by atoms with van der Waals surface area (Å²) in [5.74, 6) is 2.31. The van der Waals surface area contributed by atoms with Crippen LogP contribution in [0.2, 0.25) is 0 Å². The summed E-state index contributed by atoms with van der Waals surface area (Å²) in [6.07, 6.45) is 6.01. The van der Waals surface area contributed by atoms with Gasteiger partial charge in [0, 0.05) is 39.1 Å². The van der Waals surface area contributed by atoms with Gasteiger partial charge in [-0.1, -0.05) is 5.16 Å². The van der Waals surface area contributed by atoms with Crippen molar-refractivity contribution in [2.45, 2.75) is 32.4 Å². The average molecular weight is 340 g/mol. The van der Waals surface area contributed by atoms with E-state index >= 15 is 0 Å². The molecule has 2 aliphatic rings. The molecule has 0 radical (unpaired) electrons. The fraction of sp³-hybridized carbons (Fsp3) is 0.562. The van der Waals surface area contributed by atoms with E-state index in [0.717, 1.165) is 55.5 Å². The standard InChI is InChI=1S/C16H20N8O/c1-11-20-13(21-25-11)8-22-4-6-23(7-5-22)15-14-16(18-9-17-15)24(10-19-14)12-2-3-12/h9-10,12H,2-8H2,1H3. The van der Waals surface area contributed by atoms with E-state index in [4.69, 9.17) is 4.52 Å². The van der Waals surface area contributed by atoms with Crippen molar-refractivity contribution in [1.29, 1.82) is 0 Å². The summed E-state index contributed by atoms with van der Waals surface area (Å²) >= 11 is 0. The van der Waals surface area contributed by atoms with E-state index in [9.17, 15) is 0 Å². The lowest BCUT2D eigenvalue weighted by molar-refractivity contribution is 0.239. The van der Waals surface area contributed by atoms with E-state index in [1.54, 1.807) is 6.33 Å². The molecule has 4 heterocycles. The van der Waals surface area contributed by atoms with Gasteiger partial charge in [0.25, 0.3) is 0 Å². The van der Waals surface area contributed by atoms with Crippen molar-refractivity contribution >= 4 is 17.0 Å². The Hall–Kier alpha value is -2.55. The largest absolute Gasteiger partial charge is 0.352 e. The van der Waals surface area contributed by atoms with Crippen molar-refractivity contribution < 1.29 is 4.52 Å². The zero-order valence-corrected chi connectivity index (χ0v) is 14.2. The molecule has 25 heavy (non-hydrogen) atoms. The molecule has 1 saturated carbocycles. The molecule has 3 aromatic rings. The van der Waals surface area contributed by atoms with Crippen molar-refractivity contribution in [3.8, 4) is 0 Å². The first-order valence-electron chi connectivity index (χ1n) is 8.72. The third-order valence-corrected chi connectivity index (χ3v) is 4.89. The molecule has 0 N–H and O–H groups in total. The lowest BCUT2D eigenvalue weighted by Gasteiger charge is -2.34. The molecule has 0 spiro atoms. The van der Waals surface area contributed by atoms with Crippen molar-refractivity contribution in [2.75, 3.05) is 31.1 Å². The Morgan fingerprint density at radius 3 is 2.68 bits per heavy atom. The summed E-state index contributed by atoms with van der Waals surface area (Å²) in [6.45, 7) is 6.21. The van der Waals surface area contributed by atoms with Crippen LogP contribution in [0.3, 0.4) is 0 Å². The van der Waals surface area contributed by atoms with E-state index < -0.39 is 0 Å². The molecule has 0 amide bonds. The van der Waals surface area contributed by atoms with E-state index in [-0.39, 0.29) is 0 Å². The van der Waals surface area contributed by atoms with E-state index in [1.165, 1.54) is 12.8 Å². The highest BCUT2D eigenvalue weighted by molar-refractivity contribution is 5.83. The number of imidazole rings is 1. The molecule has 9 heteroatoms. The van der Waals surface area contributed by atoms with Crippen LogP contribution in [-0.2, 0) is 6.54 Å². The minimum absolute atomic E-state index is 0.572.